The van der Waals surface area contributed by atoms with Crippen LogP contribution in [0.25, 0.3) is 11.3 Å². The molecule has 8 heteroatoms. The molecule has 29 heavy (non-hydrogen) atoms. The van der Waals surface area contributed by atoms with E-state index in [1.165, 1.54) is 4.31 Å². The maximum absolute atomic E-state index is 13.7. The minimum atomic E-state index is -3.86. The summed E-state index contributed by atoms with van der Waals surface area (Å²) in [5.41, 5.74) is 2.48. The van der Waals surface area contributed by atoms with E-state index in [4.69, 9.17) is 20.9 Å². The number of ether oxygens (including phenoxy) is 1. The van der Waals surface area contributed by atoms with Crippen molar-refractivity contribution in [3.8, 4) is 17.1 Å². The lowest BCUT2D eigenvalue weighted by Crippen LogP contribution is -2.43. The quantitative estimate of drug-likeness (QED) is 0.581. The Morgan fingerprint density at radius 2 is 1.97 bits per heavy atom. The standard InChI is InChI=1S/C21H21ClN2O4S/c1-4-17-12-24(18-11-16(22)7-8-19(18)27-17)29(25,26)21-10-15(6-5-13(21)2)20-9-14(3)23-28-20/h5-11,17H,4,12H2,1-3H3/t17-/m0/s1. The first-order valence-electron chi connectivity index (χ1n) is 9.33. The van der Waals surface area contributed by atoms with Crippen LogP contribution in [0.5, 0.6) is 5.75 Å². The maximum Gasteiger partial charge on any atom is 0.264 e. The molecule has 1 atom stereocenters. The molecule has 0 unspecified atom stereocenters. The zero-order valence-electron chi connectivity index (χ0n) is 16.3. The second-order valence-corrected chi connectivity index (χ2v) is 9.38. The Labute approximate surface area is 175 Å². The van der Waals surface area contributed by atoms with E-state index in [1.54, 1.807) is 43.3 Å². The summed E-state index contributed by atoms with van der Waals surface area (Å²) in [6.07, 6.45) is 0.448. The largest absolute Gasteiger partial charge is 0.486 e. The van der Waals surface area contributed by atoms with E-state index in [-0.39, 0.29) is 17.5 Å². The SMILES string of the molecule is CC[C@H]1CN(S(=O)(=O)c2cc(-c3cc(C)no3)ccc2C)c2cc(Cl)ccc2O1. The van der Waals surface area contributed by atoms with Crippen LogP contribution in [0.4, 0.5) is 5.69 Å². The van der Waals surface area contributed by atoms with Gasteiger partial charge < -0.3 is 9.26 Å². The van der Waals surface area contributed by atoms with Gasteiger partial charge in [-0.3, -0.25) is 4.31 Å². The van der Waals surface area contributed by atoms with Crippen molar-refractivity contribution >= 4 is 27.3 Å². The number of aryl methyl sites for hydroxylation is 2. The molecule has 4 rings (SSSR count). The number of nitrogens with zero attached hydrogens (tertiary/aromatic N) is 2. The normalized spacial score (nSPS) is 16.4. The molecule has 0 aliphatic carbocycles. The Kier molecular flexibility index (Phi) is 5.04. The van der Waals surface area contributed by atoms with E-state index in [0.717, 1.165) is 5.69 Å². The number of hydrogen-bond acceptors (Lipinski definition) is 5. The number of fused-ring (bicyclic) bond motifs is 1. The Bertz CT molecular complexity index is 1170. The van der Waals surface area contributed by atoms with Gasteiger partial charge in [0.25, 0.3) is 10.0 Å². The van der Waals surface area contributed by atoms with Gasteiger partial charge in [-0.25, -0.2) is 8.42 Å². The summed E-state index contributed by atoms with van der Waals surface area (Å²) in [6.45, 7) is 5.78. The first kappa shape index (κ1) is 19.8. The van der Waals surface area contributed by atoms with Gasteiger partial charge in [0.15, 0.2) is 5.76 Å². The number of benzene rings is 2. The molecule has 1 aliphatic rings. The Morgan fingerprint density at radius 1 is 1.17 bits per heavy atom. The molecule has 0 spiro atoms. The van der Waals surface area contributed by atoms with Crippen molar-refractivity contribution in [3.05, 3.63) is 58.7 Å². The highest BCUT2D eigenvalue weighted by molar-refractivity contribution is 7.93. The lowest BCUT2D eigenvalue weighted by molar-refractivity contribution is 0.196. The van der Waals surface area contributed by atoms with Gasteiger partial charge in [0.2, 0.25) is 0 Å². The summed E-state index contributed by atoms with van der Waals surface area (Å²) in [5.74, 6) is 1.03. The van der Waals surface area contributed by atoms with E-state index in [1.807, 2.05) is 19.9 Å². The van der Waals surface area contributed by atoms with Crippen LogP contribution < -0.4 is 9.04 Å². The van der Waals surface area contributed by atoms with Gasteiger partial charge in [0.1, 0.15) is 11.9 Å². The second-order valence-electron chi connectivity index (χ2n) is 7.11. The van der Waals surface area contributed by atoms with Crippen LogP contribution in [0.15, 0.2) is 51.9 Å². The summed E-state index contributed by atoms with van der Waals surface area (Å²) in [6, 6.07) is 12.0. The summed E-state index contributed by atoms with van der Waals surface area (Å²) >= 11 is 6.15. The molecule has 0 saturated carbocycles. The van der Waals surface area contributed by atoms with Crippen LogP contribution in [-0.2, 0) is 10.0 Å². The summed E-state index contributed by atoms with van der Waals surface area (Å²) in [4.78, 5) is 0.215. The molecule has 0 saturated heterocycles. The number of rotatable bonds is 4. The molecule has 2 heterocycles. The van der Waals surface area contributed by atoms with Gasteiger partial charge in [-0.2, -0.15) is 0 Å². The Balaban J connectivity index is 1.84. The highest BCUT2D eigenvalue weighted by Crippen LogP contribution is 2.40. The number of aromatic nitrogens is 1. The van der Waals surface area contributed by atoms with Gasteiger partial charge in [-0.05, 0) is 50.1 Å². The van der Waals surface area contributed by atoms with E-state index in [2.05, 4.69) is 5.16 Å². The van der Waals surface area contributed by atoms with E-state index in [9.17, 15) is 8.42 Å². The van der Waals surface area contributed by atoms with Gasteiger partial charge in [0.05, 0.1) is 22.8 Å². The second kappa shape index (κ2) is 7.39. The monoisotopic (exact) mass is 432 g/mol. The van der Waals surface area contributed by atoms with Crippen LogP contribution in [0, 0.1) is 13.8 Å². The Morgan fingerprint density at radius 3 is 2.66 bits per heavy atom. The zero-order chi connectivity index (χ0) is 20.8. The molecule has 3 aromatic rings. The fraction of sp³-hybridized carbons (Fsp3) is 0.286. The molecule has 152 valence electrons. The molecule has 1 aromatic heterocycles. The molecule has 0 amide bonds. The van der Waals surface area contributed by atoms with Crippen molar-refractivity contribution in [1.29, 1.82) is 0 Å². The fourth-order valence-corrected chi connectivity index (χ4v) is 5.29. The van der Waals surface area contributed by atoms with E-state index >= 15 is 0 Å². The average molecular weight is 433 g/mol. The molecule has 0 N–H and O–H groups in total. The molecular formula is C21H21ClN2O4S. The topological polar surface area (TPSA) is 72.6 Å². The molecule has 1 aliphatic heterocycles. The van der Waals surface area contributed by atoms with Crippen LogP contribution in [0.2, 0.25) is 5.02 Å². The third-order valence-corrected chi connectivity index (χ3v) is 7.13. The first-order valence-corrected chi connectivity index (χ1v) is 11.1. The van der Waals surface area contributed by atoms with Crippen LogP contribution >= 0.6 is 11.6 Å². The van der Waals surface area contributed by atoms with Crippen molar-refractivity contribution in [3.63, 3.8) is 0 Å². The fourth-order valence-electron chi connectivity index (χ4n) is 3.37. The summed E-state index contributed by atoms with van der Waals surface area (Å²) in [5, 5.41) is 4.34. The minimum Gasteiger partial charge on any atom is -0.486 e. The van der Waals surface area contributed by atoms with Crippen molar-refractivity contribution in [2.24, 2.45) is 0 Å². The number of anilines is 1. The summed E-state index contributed by atoms with van der Waals surface area (Å²) < 4.78 is 40.1. The van der Waals surface area contributed by atoms with Crippen LogP contribution in [-0.4, -0.2) is 26.2 Å². The molecule has 6 nitrogen and oxygen atoms in total. The van der Waals surface area contributed by atoms with Gasteiger partial charge >= 0.3 is 0 Å². The lowest BCUT2D eigenvalue weighted by atomic mass is 10.1. The number of sulfonamides is 1. The van der Waals surface area contributed by atoms with Crippen molar-refractivity contribution in [2.75, 3.05) is 10.8 Å². The van der Waals surface area contributed by atoms with E-state index in [0.29, 0.717) is 39.8 Å². The van der Waals surface area contributed by atoms with Crippen LogP contribution in [0.1, 0.15) is 24.6 Å². The van der Waals surface area contributed by atoms with Gasteiger partial charge in [0, 0.05) is 16.7 Å². The highest BCUT2D eigenvalue weighted by Gasteiger charge is 2.35. The van der Waals surface area contributed by atoms with Crippen molar-refractivity contribution < 1.29 is 17.7 Å². The maximum atomic E-state index is 13.7. The predicted octanol–water partition coefficient (Wildman–Crippen LogP) is 4.98. The Hall–Kier alpha value is -2.51. The number of hydrogen-bond donors (Lipinski definition) is 0. The molecule has 0 bridgehead atoms. The predicted molar refractivity (Wildman–Crippen MR) is 112 cm³/mol. The smallest absolute Gasteiger partial charge is 0.264 e. The van der Waals surface area contributed by atoms with E-state index < -0.39 is 10.0 Å². The molecule has 2 aromatic carbocycles. The average Bonchev–Trinajstić information content (AvgIpc) is 3.13. The highest BCUT2D eigenvalue weighted by atomic mass is 35.5. The molecule has 0 radical (unpaired) electrons. The zero-order valence-corrected chi connectivity index (χ0v) is 17.9. The lowest BCUT2D eigenvalue weighted by Gasteiger charge is -2.35. The van der Waals surface area contributed by atoms with Crippen molar-refractivity contribution in [1.82, 2.24) is 5.16 Å². The van der Waals surface area contributed by atoms with Gasteiger partial charge in [-0.1, -0.05) is 35.8 Å². The summed E-state index contributed by atoms with van der Waals surface area (Å²) in [7, 11) is -3.86. The van der Waals surface area contributed by atoms with Crippen molar-refractivity contribution in [2.45, 2.75) is 38.2 Å². The molecular weight excluding hydrogens is 412 g/mol. The minimum absolute atomic E-state index is 0.215. The number of halogens is 1. The third kappa shape index (κ3) is 3.60. The third-order valence-electron chi connectivity index (χ3n) is 4.98. The van der Waals surface area contributed by atoms with Crippen LogP contribution in [0.3, 0.4) is 0 Å². The van der Waals surface area contributed by atoms with Gasteiger partial charge in [-0.15, -0.1) is 0 Å². The molecule has 0 fully saturated rings. The first-order chi connectivity index (χ1) is 13.8.